The normalized spacial score (nSPS) is 13.6. The summed E-state index contributed by atoms with van der Waals surface area (Å²) in [6, 6.07) is 13.8. The Bertz CT molecular complexity index is 1070. The number of hydrogen-bond donors (Lipinski definition) is 2. The molecule has 2 N–H and O–H groups in total. The van der Waals surface area contributed by atoms with E-state index in [4.69, 9.17) is 4.42 Å². The van der Waals surface area contributed by atoms with Gasteiger partial charge in [-0.2, -0.15) is 0 Å². The molecule has 0 bridgehead atoms. The van der Waals surface area contributed by atoms with Crippen molar-refractivity contribution in [2.24, 2.45) is 0 Å². The number of anilines is 2. The van der Waals surface area contributed by atoms with Gasteiger partial charge in [-0.05, 0) is 42.3 Å². The van der Waals surface area contributed by atoms with Gasteiger partial charge in [-0.15, -0.1) is 0 Å². The standard InChI is InChI=1S/C22H19F2N3O3/c23-15-7-8-16(24)17(12-15)26-22(29)21(28)25-13-19(20-6-3-11-30-20)27-10-9-14-4-1-2-5-18(14)27/h1-8,11-12,19H,9-10,13H2,(H,25,28)(H,26,29). The fraction of sp³-hybridized carbons (Fsp3) is 0.182. The van der Waals surface area contributed by atoms with Gasteiger partial charge < -0.3 is 20.0 Å². The van der Waals surface area contributed by atoms with Crippen LogP contribution in [0.3, 0.4) is 0 Å². The zero-order chi connectivity index (χ0) is 21.1. The minimum Gasteiger partial charge on any atom is -0.467 e. The molecular formula is C22H19F2N3O3. The fourth-order valence-corrected chi connectivity index (χ4v) is 3.57. The van der Waals surface area contributed by atoms with Crippen LogP contribution in [0.1, 0.15) is 17.4 Å². The number of benzene rings is 2. The number of carbonyl (C=O) groups is 2. The van der Waals surface area contributed by atoms with Gasteiger partial charge in [0, 0.05) is 24.8 Å². The number of furan rings is 1. The fourth-order valence-electron chi connectivity index (χ4n) is 3.57. The van der Waals surface area contributed by atoms with E-state index < -0.39 is 29.1 Å². The molecule has 1 aliphatic rings. The third-order valence-corrected chi connectivity index (χ3v) is 5.01. The maximum absolute atomic E-state index is 13.7. The first-order chi connectivity index (χ1) is 14.5. The summed E-state index contributed by atoms with van der Waals surface area (Å²) in [5.74, 6) is -2.96. The Kier molecular flexibility index (Phi) is 5.47. The number of rotatable bonds is 5. The van der Waals surface area contributed by atoms with Crippen LogP contribution >= 0.6 is 0 Å². The van der Waals surface area contributed by atoms with Crippen LogP contribution in [0.15, 0.2) is 65.3 Å². The van der Waals surface area contributed by atoms with E-state index in [0.717, 1.165) is 36.9 Å². The van der Waals surface area contributed by atoms with Crippen molar-refractivity contribution < 1.29 is 22.8 Å². The van der Waals surface area contributed by atoms with Gasteiger partial charge in [0.2, 0.25) is 0 Å². The number of halogens is 2. The number of para-hydroxylation sites is 1. The molecule has 0 spiro atoms. The summed E-state index contributed by atoms with van der Waals surface area (Å²) in [7, 11) is 0. The topological polar surface area (TPSA) is 74.6 Å². The lowest BCUT2D eigenvalue weighted by atomic mass is 10.1. The summed E-state index contributed by atoms with van der Waals surface area (Å²) in [4.78, 5) is 26.5. The van der Waals surface area contributed by atoms with Gasteiger partial charge in [0.15, 0.2) is 0 Å². The molecule has 8 heteroatoms. The molecule has 2 aromatic carbocycles. The molecule has 3 aromatic rings. The van der Waals surface area contributed by atoms with E-state index in [1.54, 1.807) is 18.4 Å². The highest BCUT2D eigenvalue weighted by atomic mass is 19.1. The highest BCUT2D eigenvalue weighted by Gasteiger charge is 2.29. The first kappa shape index (κ1) is 19.6. The summed E-state index contributed by atoms with van der Waals surface area (Å²) < 4.78 is 32.5. The lowest BCUT2D eigenvalue weighted by Gasteiger charge is -2.29. The predicted molar refractivity (Wildman–Crippen MR) is 107 cm³/mol. The highest BCUT2D eigenvalue weighted by molar-refractivity contribution is 6.39. The van der Waals surface area contributed by atoms with Crippen LogP contribution in [0.2, 0.25) is 0 Å². The molecule has 0 fully saturated rings. The van der Waals surface area contributed by atoms with E-state index >= 15 is 0 Å². The van der Waals surface area contributed by atoms with Crippen molar-refractivity contribution in [3.63, 3.8) is 0 Å². The van der Waals surface area contributed by atoms with Gasteiger partial charge in [-0.3, -0.25) is 9.59 Å². The minimum absolute atomic E-state index is 0.0970. The first-order valence-corrected chi connectivity index (χ1v) is 9.45. The van der Waals surface area contributed by atoms with Crippen molar-refractivity contribution in [2.45, 2.75) is 12.5 Å². The van der Waals surface area contributed by atoms with Crippen LogP contribution in [0.5, 0.6) is 0 Å². The van der Waals surface area contributed by atoms with E-state index in [1.807, 2.05) is 24.3 Å². The van der Waals surface area contributed by atoms with Crippen LogP contribution in [0.25, 0.3) is 0 Å². The molecule has 1 aliphatic heterocycles. The molecule has 2 heterocycles. The molecule has 4 rings (SSSR count). The number of fused-ring (bicyclic) bond motifs is 1. The van der Waals surface area contributed by atoms with Crippen LogP contribution < -0.4 is 15.5 Å². The minimum atomic E-state index is -1.08. The van der Waals surface area contributed by atoms with Gasteiger partial charge in [-0.1, -0.05) is 18.2 Å². The lowest BCUT2D eigenvalue weighted by molar-refractivity contribution is -0.136. The number of hydrogen-bond acceptors (Lipinski definition) is 4. The number of nitrogens with one attached hydrogen (secondary N) is 2. The Hall–Kier alpha value is -3.68. The van der Waals surface area contributed by atoms with Gasteiger partial charge in [-0.25, -0.2) is 8.78 Å². The second-order valence-electron chi connectivity index (χ2n) is 6.89. The van der Waals surface area contributed by atoms with E-state index in [9.17, 15) is 18.4 Å². The van der Waals surface area contributed by atoms with Crippen molar-refractivity contribution in [1.82, 2.24) is 5.32 Å². The van der Waals surface area contributed by atoms with Crippen LogP contribution in [-0.2, 0) is 16.0 Å². The Labute approximate surface area is 171 Å². The average molecular weight is 411 g/mol. The molecule has 6 nitrogen and oxygen atoms in total. The molecule has 2 amide bonds. The smallest absolute Gasteiger partial charge is 0.313 e. The van der Waals surface area contributed by atoms with Crippen LogP contribution in [-0.4, -0.2) is 24.9 Å². The second kappa shape index (κ2) is 8.36. The quantitative estimate of drug-likeness (QED) is 0.631. The zero-order valence-corrected chi connectivity index (χ0v) is 15.9. The third-order valence-electron chi connectivity index (χ3n) is 5.01. The first-order valence-electron chi connectivity index (χ1n) is 9.45. The Morgan fingerprint density at radius 3 is 2.70 bits per heavy atom. The zero-order valence-electron chi connectivity index (χ0n) is 15.9. The van der Waals surface area contributed by atoms with Crippen molar-refractivity contribution in [2.75, 3.05) is 23.3 Å². The largest absolute Gasteiger partial charge is 0.467 e. The van der Waals surface area contributed by atoms with Crippen LogP contribution in [0, 0.1) is 11.6 Å². The molecular weight excluding hydrogens is 392 g/mol. The van der Waals surface area contributed by atoms with Gasteiger partial charge in [0.1, 0.15) is 23.4 Å². The SMILES string of the molecule is O=C(NCC(c1ccco1)N1CCc2ccccc21)C(=O)Nc1cc(F)ccc1F. The summed E-state index contributed by atoms with van der Waals surface area (Å²) in [5.41, 5.74) is 1.84. The lowest BCUT2D eigenvalue weighted by Crippen LogP contribution is -2.41. The van der Waals surface area contributed by atoms with Gasteiger partial charge in [0.25, 0.3) is 0 Å². The van der Waals surface area contributed by atoms with Crippen molar-refractivity contribution in [3.8, 4) is 0 Å². The van der Waals surface area contributed by atoms with Gasteiger partial charge >= 0.3 is 11.8 Å². The molecule has 0 radical (unpaired) electrons. The monoisotopic (exact) mass is 411 g/mol. The molecule has 0 saturated carbocycles. The molecule has 0 aliphatic carbocycles. The molecule has 1 atom stereocenters. The Morgan fingerprint density at radius 2 is 1.90 bits per heavy atom. The summed E-state index contributed by atoms with van der Waals surface area (Å²) in [6.07, 6.45) is 2.41. The average Bonchev–Trinajstić information content (AvgIpc) is 3.41. The van der Waals surface area contributed by atoms with E-state index in [2.05, 4.69) is 15.5 Å². The Morgan fingerprint density at radius 1 is 1.07 bits per heavy atom. The second-order valence-corrected chi connectivity index (χ2v) is 6.89. The highest BCUT2D eigenvalue weighted by Crippen LogP contribution is 2.34. The third kappa shape index (κ3) is 4.03. The molecule has 30 heavy (non-hydrogen) atoms. The van der Waals surface area contributed by atoms with Crippen molar-refractivity contribution in [3.05, 3.63) is 83.8 Å². The Balaban J connectivity index is 1.46. The molecule has 1 aromatic heterocycles. The van der Waals surface area contributed by atoms with Gasteiger partial charge in [0.05, 0.1) is 12.0 Å². The van der Waals surface area contributed by atoms with Crippen LogP contribution in [0.4, 0.5) is 20.2 Å². The van der Waals surface area contributed by atoms with Crippen molar-refractivity contribution >= 4 is 23.2 Å². The van der Waals surface area contributed by atoms with E-state index in [0.29, 0.717) is 5.76 Å². The molecule has 1 unspecified atom stereocenters. The number of nitrogens with zero attached hydrogens (tertiary/aromatic N) is 1. The van der Waals surface area contributed by atoms with E-state index in [-0.39, 0.29) is 12.6 Å². The maximum atomic E-state index is 13.7. The summed E-state index contributed by atoms with van der Waals surface area (Å²) >= 11 is 0. The summed E-state index contributed by atoms with van der Waals surface area (Å²) in [6.45, 7) is 0.834. The number of amides is 2. The van der Waals surface area contributed by atoms with Crippen molar-refractivity contribution in [1.29, 1.82) is 0 Å². The maximum Gasteiger partial charge on any atom is 0.313 e. The predicted octanol–water partition coefficient (Wildman–Crippen LogP) is 3.42. The van der Waals surface area contributed by atoms with E-state index in [1.165, 1.54) is 5.56 Å². The summed E-state index contributed by atoms with van der Waals surface area (Å²) in [5, 5.41) is 4.66. The molecule has 154 valence electrons. The number of carbonyl (C=O) groups excluding carboxylic acids is 2. The molecule has 0 saturated heterocycles.